The largest absolute Gasteiger partial charge is 0.419 e. The van der Waals surface area contributed by atoms with Gasteiger partial charge in [0.15, 0.2) is 0 Å². The van der Waals surface area contributed by atoms with E-state index in [1.165, 1.54) is 25.3 Å². The first-order valence-electron chi connectivity index (χ1n) is 12.1. The molecule has 1 amide bonds. The van der Waals surface area contributed by atoms with Crippen LogP contribution in [-0.2, 0) is 18.0 Å². The molecule has 4 rings (SSSR count). The van der Waals surface area contributed by atoms with Gasteiger partial charge in [0.2, 0.25) is 11.9 Å². The van der Waals surface area contributed by atoms with Gasteiger partial charge < -0.3 is 25.0 Å². The quantitative estimate of drug-likeness (QED) is 0.286. The Balaban J connectivity index is 1.76. The van der Waals surface area contributed by atoms with Crippen molar-refractivity contribution >= 4 is 39.8 Å². The van der Waals surface area contributed by atoms with Crippen molar-refractivity contribution in [2.45, 2.75) is 13.1 Å². The number of rotatable bonds is 8. The molecule has 12 heteroatoms. The number of nitrogens with one attached hydrogen (secondary N) is 2. The van der Waals surface area contributed by atoms with Gasteiger partial charge in [-0.3, -0.25) is 4.79 Å². The molecule has 0 aliphatic heterocycles. The third kappa shape index (κ3) is 6.11. The molecule has 2 aromatic heterocycles. The predicted octanol–water partition coefficient (Wildman–Crippen LogP) is 5.49. The Morgan fingerprint density at radius 1 is 1.10 bits per heavy atom. The number of carbonyl (C=O) groups excluding carboxylic acids is 1. The first kappa shape index (κ1) is 27.8. The van der Waals surface area contributed by atoms with Crippen LogP contribution in [0.4, 0.5) is 40.6 Å². The van der Waals surface area contributed by atoms with Crippen LogP contribution >= 0.6 is 0 Å². The maximum absolute atomic E-state index is 14.8. The Morgan fingerprint density at radius 3 is 2.51 bits per heavy atom. The predicted molar refractivity (Wildman–Crippen MR) is 145 cm³/mol. The van der Waals surface area contributed by atoms with Gasteiger partial charge >= 0.3 is 6.18 Å². The van der Waals surface area contributed by atoms with Crippen LogP contribution in [0.15, 0.2) is 48.8 Å². The van der Waals surface area contributed by atoms with Crippen LogP contribution in [0.25, 0.3) is 22.2 Å². The molecule has 0 unspecified atom stereocenters. The molecular formula is C27H29F4N7O. The van der Waals surface area contributed by atoms with E-state index in [9.17, 15) is 22.4 Å². The lowest BCUT2D eigenvalue weighted by molar-refractivity contribution is -0.137. The number of carbonyl (C=O) groups is 1. The minimum atomic E-state index is -4.77. The summed E-state index contributed by atoms with van der Waals surface area (Å²) in [7, 11) is 7.44. The summed E-state index contributed by atoms with van der Waals surface area (Å²) in [6.45, 7) is 2.87. The number of halogens is 4. The van der Waals surface area contributed by atoms with Crippen molar-refractivity contribution < 1.29 is 22.4 Å². The number of alkyl halides is 3. The smallest absolute Gasteiger partial charge is 0.372 e. The van der Waals surface area contributed by atoms with Crippen molar-refractivity contribution in [1.29, 1.82) is 0 Å². The number of benzene rings is 2. The van der Waals surface area contributed by atoms with Gasteiger partial charge in [0.25, 0.3) is 0 Å². The summed E-state index contributed by atoms with van der Waals surface area (Å²) in [5, 5.41) is 5.75. The van der Waals surface area contributed by atoms with Crippen LogP contribution in [-0.4, -0.2) is 59.6 Å². The number of anilines is 4. The maximum Gasteiger partial charge on any atom is 0.419 e. The van der Waals surface area contributed by atoms with Crippen molar-refractivity contribution in [2.75, 3.05) is 49.8 Å². The number of hydrogen-bond acceptors (Lipinski definition) is 6. The molecule has 0 saturated heterocycles. The number of hydrogen-bond donors (Lipinski definition) is 2. The normalized spacial score (nSPS) is 11.7. The highest BCUT2D eigenvalue weighted by atomic mass is 19.4. The van der Waals surface area contributed by atoms with Crippen molar-refractivity contribution in [1.82, 2.24) is 19.4 Å². The fourth-order valence-electron chi connectivity index (χ4n) is 4.27. The van der Waals surface area contributed by atoms with Crippen molar-refractivity contribution in [2.24, 2.45) is 7.05 Å². The maximum atomic E-state index is 14.8. The van der Waals surface area contributed by atoms with Crippen LogP contribution in [0.5, 0.6) is 0 Å². The van der Waals surface area contributed by atoms with Crippen LogP contribution in [0.1, 0.15) is 12.5 Å². The summed E-state index contributed by atoms with van der Waals surface area (Å²) in [6.07, 6.45) is -2.66. The van der Waals surface area contributed by atoms with E-state index in [0.29, 0.717) is 29.6 Å². The zero-order valence-electron chi connectivity index (χ0n) is 22.2. The number of likely N-dealkylation sites (N-methyl/N-ethyl adjacent to an activating group) is 2. The Kier molecular flexibility index (Phi) is 7.77. The molecule has 2 aromatic carbocycles. The van der Waals surface area contributed by atoms with Crippen molar-refractivity contribution in [3.63, 3.8) is 0 Å². The van der Waals surface area contributed by atoms with Crippen LogP contribution < -0.4 is 15.5 Å². The lowest BCUT2D eigenvalue weighted by Crippen LogP contribution is -2.29. The molecule has 39 heavy (non-hydrogen) atoms. The van der Waals surface area contributed by atoms with Crippen LogP contribution in [0, 0.1) is 5.82 Å². The molecule has 0 saturated carbocycles. The first-order valence-corrected chi connectivity index (χ1v) is 12.1. The van der Waals surface area contributed by atoms with E-state index in [0.717, 1.165) is 12.2 Å². The molecule has 206 valence electrons. The summed E-state index contributed by atoms with van der Waals surface area (Å²) in [6, 6.07) is 9.46. The highest BCUT2D eigenvalue weighted by Crippen LogP contribution is 2.40. The van der Waals surface area contributed by atoms with Gasteiger partial charge in [-0.15, -0.1) is 0 Å². The van der Waals surface area contributed by atoms with Gasteiger partial charge in [-0.05, 0) is 44.4 Å². The van der Waals surface area contributed by atoms with E-state index in [1.54, 1.807) is 35.9 Å². The molecular weight excluding hydrogens is 514 g/mol. The van der Waals surface area contributed by atoms with Gasteiger partial charge in [0.1, 0.15) is 11.4 Å². The van der Waals surface area contributed by atoms with Crippen LogP contribution in [0.3, 0.4) is 0 Å². The minimum Gasteiger partial charge on any atom is -0.372 e. The van der Waals surface area contributed by atoms with Crippen molar-refractivity contribution in [3.05, 3.63) is 60.2 Å². The Morgan fingerprint density at radius 2 is 1.85 bits per heavy atom. The third-order valence-corrected chi connectivity index (χ3v) is 6.17. The molecule has 0 aliphatic carbocycles. The van der Waals surface area contributed by atoms with Gasteiger partial charge in [-0.1, -0.05) is 6.07 Å². The highest BCUT2D eigenvalue weighted by Gasteiger charge is 2.36. The fraction of sp³-hybridized carbons (Fsp3) is 0.296. The average Bonchev–Trinajstić information content (AvgIpc) is 3.19. The number of nitrogens with zero attached hydrogens (tertiary/aromatic N) is 5. The van der Waals surface area contributed by atoms with Gasteiger partial charge in [-0.2, -0.15) is 13.2 Å². The monoisotopic (exact) mass is 543 g/mol. The Hall–Kier alpha value is -4.19. The van der Waals surface area contributed by atoms with E-state index in [1.807, 2.05) is 30.9 Å². The number of fused-ring (bicyclic) bond motifs is 1. The van der Waals surface area contributed by atoms with Crippen LogP contribution in [0.2, 0.25) is 0 Å². The van der Waals surface area contributed by atoms with E-state index in [-0.39, 0.29) is 22.8 Å². The topological polar surface area (TPSA) is 78.3 Å². The summed E-state index contributed by atoms with van der Waals surface area (Å²) < 4.78 is 58.2. The lowest BCUT2D eigenvalue weighted by atomic mass is 10.1. The molecule has 8 nitrogen and oxygen atoms in total. The number of aromatic nitrogens is 3. The standard InChI is InChI=1S/C27H29F4N7O/c1-16(39)33-21-13-17(9-10-22(21)37(4)12-11-36(2)3)34-26-32-14-19(27(29,30)31)25(35-26)18-15-38(5)23-8-6-7-20(28)24(18)23/h6-10,13-15H,11-12H2,1-5H3,(H,33,39)(H,32,34,35). The minimum absolute atomic E-state index is 0.000162. The summed E-state index contributed by atoms with van der Waals surface area (Å²) in [5.41, 5.74) is 0.618. The summed E-state index contributed by atoms with van der Waals surface area (Å²) in [5.74, 6) is -1.05. The zero-order chi connectivity index (χ0) is 28.5. The molecule has 0 radical (unpaired) electrons. The number of amides is 1. The second-order valence-electron chi connectivity index (χ2n) is 9.50. The second kappa shape index (κ2) is 10.9. The van der Waals surface area contributed by atoms with Gasteiger partial charge in [-0.25, -0.2) is 14.4 Å². The van der Waals surface area contributed by atoms with Gasteiger partial charge in [0, 0.05) is 63.1 Å². The third-order valence-electron chi connectivity index (χ3n) is 6.17. The first-order chi connectivity index (χ1) is 18.3. The Labute approximate surface area is 223 Å². The van der Waals surface area contributed by atoms with Crippen molar-refractivity contribution in [3.8, 4) is 11.3 Å². The molecule has 0 bridgehead atoms. The van der Waals surface area contributed by atoms with E-state index in [4.69, 9.17) is 0 Å². The number of aryl methyl sites for hydroxylation is 1. The average molecular weight is 544 g/mol. The van der Waals surface area contributed by atoms with E-state index >= 15 is 0 Å². The molecule has 4 aromatic rings. The molecule has 2 heterocycles. The van der Waals surface area contributed by atoms with E-state index in [2.05, 4.69) is 20.6 Å². The highest BCUT2D eigenvalue weighted by molar-refractivity contribution is 5.97. The second-order valence-corrected chi connectivity index (χ2v) is 9.50. The molecule has 0 spiro atoms. The SMILES string of the molecule is CC(=O)Nc1cc(Nc2ncc(C(F)(F)F)c(-c3cn(C)c4cccc(F)c34)n2)ccc1N(C)CCN(C)C. The van der Waals surface area contributed by atoms with E-state index < -0.39 is 23.3 Å². The van der Waals surface area contributed by atoms with Gasteiger partial charge in [0.05, 0.1) is 22.6 Å². The molecule has 0 aliphatic rings. The zero-order valence-corrected chi connectivity index (χ0v) is 22.2. The summed E-state index contributed by atoms with van der Waals surface area (Å²) >= 11 is 0. The lowest BCUT2D eigenvalue weighted by Gasteiger charge is -2.24. The Bertz CT molecular complexity index is 1510. The molecule has 2 N–H and O–H groups in total. The fourth-order valence-corrected chi connectivity index (χ4v) is 4.27. The molecule has 0 atom stereocenters. The summed E-state index contributed by atoms with van der Waals surface area (Å²) in [4.78, 5) is 24.0. The molecule has 0 fully saturated rings.